The number of nitriles is 1. The highest BCUT2D eigenvalue weighted by molar-refractivity contribution is 5.61. The van der Waals surface area contributed by atoms with Gasteiger partial charge in [0, 0.05) is 19.2 Å². The van der Waals surface area contributed by atoms with Crippen LogP contribution in [0, 0.1) is 11.3 Å². The largest absolute Gasteiger partial charge is 0.497 e. The monoisotopic (exact) mass is 268 g/mol. The van der Waals surface area contributed by atoms with E-state index >= 15 is 0 Å². The molecule has 20 heavy (non-hydrogen) atoms. The SMILES string of the molecule is COc1cccc(-c2ccc(N(C)CCC#N)nn2)c1. The molecule has 1 heterocycles. The number of hydrogen-bond donors (Lipinski definition) is 0. The Balaban J connectivity index is 2.17. The van der Waals surface area contributed by atoms with Crippen molar-refractivity contribution in [1.29, 1.82) is 5.26 Å². The Bertz CT molecular complexity index is 604. The molecular formula is C15H16N4O. The Hall–Kier alpha value is -2.61. The lowest BCUT2D eigenvalue weighted by molar-refractivity contribution is 0.415. The lowest BCUT2D eigenvalue weighted by Gasteiger charge is -2.15. The number of aromatic nitrogens is 2. The second kappa shape index (κ2) is 6.53. The predicted octanol–water partition coefficient (Wildman–Crippen LogP) is 2.50. The van der Waals surface area contributed by atoms with E-state index in [1.54, 1.807) is 7.11 Å². The van der Waals surface area contributed by atoms with Crippen molar-refractivity contribution in [3.63, 3.8) is 0 Å². The van der Waals surface area contributed by atoms with E-state index in [2.05, 4.69) is 16.3 Å². The molecule has 0 fully saturated rings. The van der Waals surface area contributed by atoms with E-state index in [1.807, 2.05) is 48.3 Å². The van der Waals surface area contributed by atoms with Crippen LogP contribution in [-0.4, -0.2) is 30.9 Å². The van der Waals surface area contributed by atoms with E-state index in [-0.39, 0.29) is 0 Å². The molecule has 0 saturated carbocycles. The predicted molar refractivity (Wildman–Crippen MR) is 77.5 cm³/mol. The molecule has 0 N–H and O–H groups in total. The van der Waals surface area contributed by atoms with Crippen LogP contribution in [0.1, 0.15) is 6.42 Å². The lowest BCUT2D eigenvalue weighted by atomic mass is 10.1. The number of rotatable bonds is 5. The van der Waals surface area contributed by atoms with Crippen LogP contribution in [0.2, 0.25) is 0 Å². The van der Waals surface area contributed by atoms with Gasteiger partial charge in [-0.25, -0.2) is 0 Å². The van der Waals surface area contributed by atoms with Crippen molar-refractivity contribution in [2.75, 3.05) is 25.6 Å². The summed E-state index contributed by atoms with van der Waals surface area (Å²) in [7, 11) is 3.53. The molecule has 0 atom stereocenters. The maximum absolute atomic E-state index is 8.58. The molecule has 5 nitrogen and oxygen atoms in total. The highest BCUT2D eigenvalue weighted by Crippen LogP contribution is 2.22. The first kappa shape index (κ1) is 13.8. The number of methoxy groups -OCH3 is 1. The topological polar surface area (TPSA) is 62.0 Å². The van der Waals surface area contributed by atoms with Crippen LogP contribution in [0.25, 0.3) is 11.3 Å². The van der Waals surface area contributed by atoms with Gasteiger partial charge in [-0.1, -0.05) is 12.1 Å². The Morgan fingerprint density at radius 1 is 1.25 bits per heavy atom. The molecule has 1 aromatic heterocycles. The molecule has 0 bridgehead atoms. The number of anilines is 1. The standard InChI is InChI=1S/C15H16N4O/c1-19(10-4-9-16)15-8-7-14(17-18-15)12-5-3-6-13(11-12)20-2/h3,5-8,11H,4,10H2,1-2H3. The summed E-state index contributed by atoms with van der Waals surface area (Å²) in [4.78, 5) is 1.91. The summed E-state index contributed by atoms with van der Waals surface area (Å²) in [6.07, 6.45) is 0.468. The molecular weight excluding hydrogens is 252 g/mol. The summed E-state index contributed by atoms with van der Waals surface area (Å²) in [6, 6.07) is 13.6. The zero-order valence-corrected chi connectivity index (χ0v) is 11.6. The van der Waals surface area contributed by atoms with E-state index in [0.717, 1.165) is 22.8 Å². The molecule has 0 aliphatic heterocycles. The molecule has 0 radical (unpaired) electrons. The van der Waals surface area contributed by atoms with Crippen molar-refractivity contribution in [1.82, 2.24) is 10.2 Å². The van der Waals surface area contributed by atoms with E-state index < -0.39 is 0 Å². The maximum Gasteiger partial charge on any atom is 0.151 e. The molecule has 0 spiro atoms. The Morgan fingerprint density at radius 3 is 2.75 bits per heavy atom. The average molecular weight is 268 g/mol. The molecule has 5 heteroatoms. The van der Waals surface area contributed by atoms with E-state index in [4.69, 9.17) is 10.00 Å². The summed E-state index contributed by atoms with van der Waals surface area (Å²) < 4.78 is 5.20. The minimum atomic E-state index is 0.468. The van der Waals surface area contributed by atoms with Gasteiger partial charge in [0.25, 0.3) is 0 Å². The second-order valence-corrected chi connectivity index (χ2v) is 4.34. The number of benzene rings is 1. The summed E-state index contributed by atoms with van der Waals surface area (Å²) in [5.74, 6) is 1.55. The first-order valence-corrected chi connectivity index (χ1v) is 6.31. The van der Waals surface area contributed by atoms with Crippen LogP contribution in [-0.2, 0) is 0 Å². The third-order valence-electron chi connectivity index (χ3n) is 2.97. The van der Waals surface area contributed by atoms with Crippen molar-refractivity contribution in [2.45, 2.75) is 6.42 Å². The highest BCUT2D eigenvalue weighted by atomic mass is 16.5. The smallest absolute Gasteiger partial charge is 0.151 e. The molecule has 0 amide bonds. The average Bonchev–Trinajstić information content (AvgIpc) is 2.52. The number of hydrogen-bond acceptors (Lipinski definition) is 5. The fourth-order valence-corrected chi connectivity index (χ4v) is 1.80. The minimum absolute atomic E-state index is 0.468. The van der Waals surface area contributed by atoms with Gasteiger partial charge in [0.15, 0.2) is 5.82 Å². The van der Waals surface area contributed by atoms with Crippen LogP contribution < -0.4 is 9.64 Å². The quantitative estimate of drug-likeness (QED) is 0.833. The number of ether oxygens (including phenoxy) is 1. The van der Waals surface area contributed by atoms with Gasteiger partial charge in [-0.15, -0.1) is 10.2 Å². The van der Waals surface area contributed by atoms with Gasteiger partial charge in [0.05, 0.1) is 25.3 Å². The molecule has 0 aliphatic carbocycles. The van der Waals surface area contributed by atoms with Crippen LogP contribution in [0.15, 0.2) is 36.4 Å². The Labute approximate surface area is 118 Å². The third-order valence-corrected chi connectivity index (χ3v) is 2.97. The molecule has 0 unspecified atom stereocenters. The van der Waals surface area contributed by atoms with Crippen molar-refractivity contribution in [3.05, 3.63) is 36.4 Å². The van der Waals surface area contributed by atoms with Gasteiger partial charge in [0.1, 0.15) is 5.75 Å². The lowest BCUT2D eigenvalue weighted by Crippen LogP contribution is -2.19. The van der Waals surface area contributed by atoms with Crippen molar-refractivity contribution in [3.8, 4) is 23.1 Å². The Kier molecular flexibility index (Phi) is 4.51. The molecule has 2 rings (SSSR count). The zero-order valence-electron chi connectivity index (χ0n) is 11.6. The first-order valence-electron chi connectivity index (χ1n) is 6.31. The Morgan fingerprint density at radius 2 is 2.10 bits per heavy atom. The van der Waals surface area contributed by atoms with Crippen molar-refractivity contribution >= 4 is 5.82 Å². The fraction of sp³-hybridized carbons (Fsp3) is 0.267. The second-order valence-electron chi connectivity index (χ2n) is 4.34. The summed E-state index contributed by atoms with van der Waals surface area (Å²) in [5, 5.41) is 17.0. The molecule has 0 saturated heterocycles. The molecule has 2 aromatic rings. The maximum atomic E-state index is 8.58. The first-order chi connectivity index (χ1) is 9.74. The van der Waals surface area contributed by atoms with Crippen molar-refractivity contribution < 1.29 is 4.74 Å². The molecule has 1 aromatic carbocycles. The third kappa shape index (κ3) is 3.23. The van der Waals surface area contributed by atoms with Crippen LogP contribution >= 0.6 is 0 Å². The van der Waals surface area contributed by atoms with Gasteiger partial charge in [-0.3, -0.25) is 0 Å². The van der Waals surface area contributed by atoms with Crippen LogP contribution in [0.3, 0.4) is 0 Å². The van der Waals surface area contributed by atoms with Crippen molar-refractivity contribution in [2.24, 2.45) is 0 Å². The van der Waals surface area contributed by atoms with E-state index in [1.165, 1.54) is 0 Å². The van der Waals surface area contributed by atoms with Gasteiger partial charge in [-0.05, 0) is 24.3 Å². The highest BCUT2D eigenvalue weighted by Gasteiger charge is 2.05. The van der Waals surface area contributed by atoms with Crippen LogP contribution in [0.5, 0.6) is 5.75 Å². The summed E-state index contributed by atoms with van der Waals surface area (Å²) in [5.41, 5.74) is 1.75. The minimum Gasteiger partial charge on any atom is -0.497 e. The van der Waals surface area contributed by atoms with Gasteiger partial charge < -0.3 is 9.64 Å². The zero-order chi connectivity index (χ0) is 14.4. The summed E-state index contributed by atoms with van der Waals surface area (Å²) >= 11 is 0. The summed E-state index contributed by atoms with van der Waals surface area (Å²) in [6.45, 7) is 0.643. The fourth-order valence-electron chi connectivity index (χ4n) is 1.80. The number of nitrogens with zero attached hydrogens (tertiary/aromatic N) is 4. The van der Waals surface area contributed by atoms with Crippen LogP contribution in [0.4, 0.5) is 5.82 Å². The normalized spacial score (nSPS) is 9.85. The van der Waals surface area contributed by atoms with Gasteiger partial charge >= 0.3 is 0 Å². The molecule has 102 valence electrons. The van der Waals surface area contributed by atoms with Gasteiger partial charge in [0.2, 0.25) is 0 Å². The van der Waals surface area contributed by atoms with Gasteiger partial charge in [-0.2, -0.15) is 5.26 Å². The molecule has 0 aliphatic rings. The van der Waals surface area contributed by atoms with E-state index in [9.17, 15) is 0 Å². The van der Waals surface area contributed by atoms with E-state index in [0.29, 0.717) is 13.0 Å².